The molecule has 1 unspecified atom stereocenters. The quantitative estimate of drug-likeness (QED) is 0.558. The van der Waals surface area contributed by atoms with Gasteiger partial charge in [-0.1, -0.05) is 26.0 Å². The molecule has 5 nitrogen and oxygen atoms in total. The van der Waals surface area contributed by atoms with Crippen LogP contribution in [-0.4, -0.2) is 66.0 Å². The largest absolute Gasteiger partial charge is 0.494 e. The van der Waals surface area contributed by atoms with Crippen LogP contribution in [0.5, 0.6) is 5.75 Å². The van der Waals surface area contributed by atoms with Gasteiger partial charge in [0.25, 0.3) is 5.91 Å². The molecule has 4 rings (SSSR count). The molecular weight excluding hydrogens is 429 g/mol. The SMILES string of the molecule is CC.COc1ccc(/C(C)=C/C(=O)N2C=C(N3C[C@@H]4CN(C(C)C)C[C@@H]4C3)C=CC2C)cc1F. The summed E-state index contributed by atoms with van der Waals surface area (Å²) in [4.78, 5) is 19.9. The smallest absolute Gasteiger partial charge is 0.251 e. The lowest BCUT2D eigenvalue weighted by atomic mass is 10.0. The van der Waals surface area contributed by atoms with Crippen molar-refractivity contribution in [3.8, 4) is 5.75 Å². The summed E-state index contributed by atoms with van der Waals surface area (Å²) in [6.45, 7) is 16.8. The van der Waals surface area contributed by atoms with Gasteiger partial charge in [0.15, 0.2) is 11.6 Å². The third kappa shape index (κ3) is 5.54. The van der Waals surface area contributed by atoms with Crippen molar-refractivity contribution in [2.45, 2.75) is 53.6 Å². The number of methoxy groups -OCH3 is 1. The molecule has 2 fully saturated rings. The van der Waals surface area contributed by atoms with Gasteiger partial charge in [-0.05, 0) is 68.9 Å². The number of halogens is 1. The number of allylic oxidation sites excluding steroid dienone is 2. The molecule has 6 heteroatoms. The molecule has 2 saturated heterocycles. The highest BCUT2D eigenvalue weighted by atomic mass is 19.1. The third-order valence-electron chi connectivity index (χ3n) is 7.07. The second kappa shape index (κ2) is 11.2. The van der Waals surface area contributed by atoms with Crippen LogP contribution in [-0.2, 0) is 4.79 Å². The molecule has 0 saturated carbocycles. The van der Waals surface area contributed by atoms with Crippen LogP contribution in [0.2, 0.25) is 0 Å². The number of ether oxygens (including phenoxy) is 1. The molecule has 0 radical (unpaired) electrons. The fourth-order valence-corrected chi connectivity index (χ4v) is 5.00. The standard InChI is InChI=1S/C26H34FN3O2.C2H6/c1-17(2)28-12-21-14-29(15-22(21)13-28)23-8-6-19(4)30(16-23)26(31)10-18(3)20-7-9-25(32-5)24(27)11-20;1-2/h6-11,16-17,19,21-22H,12-15H2,1-5H3;1-2H3/b18-10+;/t19?,21-,22+;. The van der Waals surface area contributed by atoms with Crippen molar-refractivity contribution in [2.24, 2.45) is 11.8 Å². The minimum absolute atomic E-state index is 0.0264. The van der Waals surface area contributed by atoms with E-state index in [1.165, 1.54) is 13.2 Å². The first-order valence-electron chi connectivity index (χ1n) is 12.5. The van der Waals surface area contributed by atoms with E-state index in [0.717, 1.165) is 37.4 Å². The Morgan fingerprint density at radius 1 is 1.15 bits per heavy atom. The van der Waals surface area contributed by atoms with E-state index in [4.69, 9.17) is 4.74 Å². The van der Waals surface area contributed by atoms with Gasteiger partial charge in [-0.3, -0.25) is 4.79 Å². The van der Waals surface area contributed by atoms with E-state index in [-0.39, 0.29) is 17.7 Å². The Hall–Kier alpha value is -2.60. The maximum atomic E-state index is 14.1. The zero-order valence-corrected chi connectivity index (χ0v) is 21.7. The Kier molecular flexibility index (Phi) is 8.58. The number of carbonyl (C=O) groups is 1. The number of hydrogen-bond acceptors (Lipinski definition) is 4. The van der Waals surface area contributed by atoms with Crippen molar-refractivity contribution in [3.63, 3.8) is 0 Å². The molecular formula is C28H40FN3O2. The highest BCUT2D eigenvalue weighted by Gasteiger charge is 2.41. The zero-order valence-electron chi connectivity index (χ0n) is 21.7. The maximum Gasteiger partial charge on any atom is 0.251 e. The molecule has 3 aliphatic heterocycles. The molecule has 3 heterocycles. The van der Waals surface area contributed by atoms with Gasteiger partial charge < -0.3 is 19.4 Å². The molecule has 0 aliphatic carbocycles. The van der Waals surface area contributed by atoms with E-state index in [1.807, 2.05) is 33.9 Å². The van der Waals surface area contributed by atoms with Gasteiger partial charge >= 0.3 is 0 Å². The minimum Gasteiger partial charge on any atom is -0.494 e. The minimum atomic E-state index is -0.433. The highest BCUT2D eigenvalue weighted by Crippen LogP contribution is 2.35. The van der Waals surface area contributed by atoms with E-state index in [2.05, 4.69) is 35.8 Å². The summed E-state index contributed by atoms with van der Waals surface area (Å²) in [5.41, 5.74) is 2.49. The van der Waals surface area contributed by atoms with Crippen molar-refractivity contribution in [3.05, 3.63) is 59.7 Å². The van der Waals surface area contributed by atoms with Crippen LogP contribution in [0.1, 0.15) is 47.1 Å². The number of carbonyl (C=O) groups excluding carboxylic acids is 1. The Morgan fingerprint density at radius 3 is 2.35 bits per heavy atom. The fourth-order valence-electron chi connectivity index (χ4n) is 5.00. The molecule has 0 bridgehead atoms. The summed E-state index contributed by atoms with van der Waals surface area (Å²) < 4.78 is 19.1. The molecule has 1 aromatic rings. The number of fused-ring (bicyclic) bond motifs is 1. The van der Waals surface area contributed by atoms with Gasteiger partial charge in [-0.25, -0.2) is 4.39 Å². The zero-order chi connectivity index (χ0) is 25.0. The molecule has 0 aromatic heterocycles. The van der Waals surface area contributed by atoms with Crippen LogP contribution in [0.25, 0.3) is 5.57 Å². The Labute approximate surface area is 204 Å². The number of nitrogens with zero attached hydrogens (tertiary/aromatic N) is 3. The number of benzene rings is 1. The lowest BCUT2D eigenvalue weighted by Gasteiger charge is -2.31. The second-order valence-corrected chi connectivity index (χ2v) is 9.55. The molecule has 0 spiro atoms. The van der Waals surface area contributed by atoms with E-state index in [9.17, 15) is 9.18 Å². The Morgan fingerprint density at radius 2 is 1.79 bits per heavy atom. The van der Waals surface area contributed by atoms with Crippen molar-refractivity contribution in [1.82, 2.24) is 14.7 Å². The average Bonchev–Trinajstić information content (AvgIpc) is 3.40. The third-order valence-corrected chi connectivity index (χ3v) is 7.07. The van der Waals surface area contributed by atoms with Gasteiger partial charge in [-0.2, -0.15) is 0 Å². The molecule has 1 aromatic carbocycles. The van der Waals surface area contributed by atoms with E-state index in [1.54, 1.807) is 23.1 Å². The van der Waals surface area contributed by atoms with Crippen LogP contribution < -0.4 is 4.74 Å². The monoisotopic (exact) mass is 469 g/mol. The van der Waals surface area contributed by atoms with Crippen LogP contribution in [0.4, 0.5) is 4.39 Å². The topological polar surface area (TPSA) is 36.0 Å². The number of likely N-dealkylation sites (tertiary alicyclic amines) is 2. The summed E-state index contributed by atoms with van der Waals surface area (Å²) >= 11 is 0. The first kappa shape index (κ1) is 26.0. The van der Waals surface area contributed by atoms with Gasteiger partial charge in [0.1, 0.15) is 0 Å². The number of amides is 1. The summed E-state index contributed by atoms with van der Waals surface area (Å²) in [6.07, 6.45) is 7.79. The first-order chi connectivity index (χ1) is 16.3. The molecule has 34 heavy (non-hydrogen) atoms. The summed E-state index contributed by atoms with van der Waals surface area (Å²) in [7, 11) is 1.44. The first-order valence-corrected chi connectivity index (χ1v) is 12.5. The Bertz CT molecular complexity index is 954. The molecule has 3 atom stereocenters. The molecule has 186 valence electrons. The molecule has 3 aliphatic rings. The van der Waals surface area contributed by atoms with Gasteiger partial charge in [0.05, 0.1) is 18.8 Å². The summed E-state index contributed by atoms with van der Waals surface area (Å²) in [5, 5.41) is 0. The lowest BCUT2D eigenvalue weighted by Crippen LogP contribution is -2.37. The number of rotatable bonds is 5. The Balaban J connectivity index is 0.00000158. The van der Waals surface area contributed by atoms with Crippen LogP contribution in [0.15, 0.2) is 48.3 Å². The van der Waals surface area contributed by atoms with Crippen molar-refractivity contribution < 1.29 is 13.9 Å². The van der Waals surface area contributed by atoms with Crippen LogP contribution in [0, 0.1) is 17.7 Å². The van der Waals surface area contributed by atoms with Gasteiger partial charge in [0, 0.05) is 44.5 Å². The second-order valence-electron chi connectivity index (χ2n) is 9.55. The van der Waals surface area contributed by atoms with Crippen molar-refractivity contribution in [1.29, 1.82) is 0 Å². The summed E-state index contributed by atoms with van der Waals surface area (Å²) in [5.74, 6) is 1.06. The maximum absolute atomic E-state index is 14.1. The molecule has 0 N–H and O–H groups in total. The van der Waals surface area contributed by atoms with E-state index < -0.39 is 5.82 Å². The van der Waals surface area contributed by atoms with Crippen molar-refractivity contribution >= 4 is 11.5 Å². The highest BCUT2D eigenvalue weighted by molar-refractivity contribution is 5.96. The van der Waals surface area contributed by atoms with Gasteiger partial charge in [0.2, 0.25) is 0 Å². The average molecular weight is 470 g/mol. The van der Waals surface area contributed by atoms with Crippen LogP contribution in [0.3, 0.4) is 0 Å². The van der Waals surface area contributed by atoms with E-state index in [0.29, 0.717) is 23.4 Å². The fraction of sp³-hybridized carbons (Fsp3) is 0.536. The molecule has 1 amide bonds. The predicted octanol–water partition coefficient (Wildman–Crippen LogP) is 5.16. The van der Waals surface area contributed by atoms with Gasteiger partial charge in [-0.15, -0.1) is 0 Å². The van der Waals surface area contributed by atoms with Crippen LogP contribution >= 0.6 is 0 Å². The normalized spacial score (nSPS) is 24.7. The van der Waals surface area contributed by atoms with E-state index >= 15 is 0 Å². The van der Waals surface area contributed by atoms with Crippen molar-refractivity contribution in [2.75, 3.05) is 33.3 Å². The summed E-state index contributed by atoms with van der Waals surface area (Å²) in [6, 6.07) is 5.34. The number of hydrogen-bond donors (Lipinski definition) is 0. The lowest BCUT2D eigenvalue weighted by molar-refractivity contribution is -0.124. The predicted molar refractivity (Wildman–Crippen MR) is 137 cm³/mol.